The molecule has 0 saturated carbocycles. The van der Waals surface area contributed by atoms with Crippen LogP contribution in [0.4, 0.5) is 11.4 Å². The van der Waals surface area contributed by atoms with Crippen molar-refractivity contribution in [2.45, 2.75) is 0 Å². The molecule has 0 amide bonds. The first-order valence-electron chi connectivity index (χ1n) is 28.0. The first-order valence-corrected chi connectivity index (χ1v) is 30.0. The molecular weight excluding hydrogens is 1130 g/mol. The molecule has 401 valence electrons. The van der Waals surface area contributed by atoms with Gasteiger partial charge in [0.1, 0.15) is 0 Å². The summed E-state index contributed by atoms with van der Waals surface area (Å²) in [6.07, 6.45) is 0. The van der Waals surface area contributed by atoms with Gasteiger partial charge in [0.15, 0.2) is 0 Å². The summed E-state index contributed by atoms with van der Waals surface area (Å²) in [4.78, 5) is 0. The molecule has 0 fully saturated rings. The molecule has 14 rings (SSSR count). The molecule has 1 radical (unpaired) electrons. The second kappa shape index (κ2) is 27.8. The summed E-state index contributed by atoms with van der Waals surface area (Å²) in [6.45, 7) is 1.65. The van der Waals surface area contributed by atoms with Gasteiger partial charge in [0.25, 0.3) is 0 Å². The topological polar surface area (TPSA) is 26.1 Å². The van der Waals surface area contributed by atoms with Crippen LogP contribution in [0.5, 0.6) is 0 Å². The molecule has 0 aliphatic heterocycles. The van der Waals surface area contributed by atoms with Crippen LogP contribution in [0, 0.1) is 0 Å². The van der Waals surface area contributed by atoms with Gasteiger partial charge in [0.05, 0.1) is 0 Å². The smallest absolute Gasteiger partial charge is 0.683 e. The van der Waals surface area contributed by atoms with Gasteiger partial charge in [0, 0.05) is 5.69 Å². The normalized spacial score (nSPS) is 10.7. The Morgan fingerprint density at radius 3 is 0.831 bits per heavy atom. The van der Waals surface area contributed by atoms with Crippen molar-refractivity contribution in [2.24, 2.45) is 0 Å². The van der Waals surface area contributed by atoms with Crippen LogP contribution in [0.15, 0.2) is 328 Å². The molecular formula is C78H61N2P2Ru. The second-order valence-electron chi connectivity index (χ2n) is 20.2. The third kappa shape index (κ3) is 14.1. The van der Waals surface area contributed by atoms with Gasteiger partial charge in [-0.05, 0) is 127 Å². The van der Waals surface area contributed by atoms with E-state index in [-0.39, 0.29) is 19.5 Å². The molecule has 14 aromatic rings. The fraction of sp³-hybridized carbons (Fsp3) is 0.0256. The van der Waals surface area contributed by atoms with Crippen LogP contribution in [-0.4, -0.2) is 13.1 Å². The summed E-state index contributed by atoms with van der Waals surface area (Å²) in [7, 11) is 1.29. The van der Waals surface area contributed by atoms with Crippen LogP contribution in [0.1, 0.15) is 0 Å². The zero-order valence-electron chi connectivity index (χ0n) is 45.9. The number of nitrogens with zero attached hydrogens (tertiary/aromatic N) is 1. The van der Waals surface area contributed by atoms with Crippen molar-refractivity contribution in [3.63, 3.8) is 0 Å². The van der Waals surface area contributed by atoms with Crippen LogP contribution in [-0.2, 0) is 19.5 Å². The Labute approximate surface area is 504 Å². The van der Waals surface area contributed by atoms with Crippen LogP contribution in [0.2, 0.25) is 0 Å². The largest absolute Gasteiger partial charge is 1.00 e. The quantitative estimate of drug-likeness (QED) is 0.0695. The fourth-order valence-electron chi connectivity index (χ4n) is 10.6. The number of hydrogen-bond donors (Lipinski definition) is 1. The minimum atomic E-state index is 0. The van der Waals surface area contributed by atoms with Gasteiger partial charge in [-0.2, -0.15) is 0 Å². The van der Waals surface area contributed by atoms with E-state index < -0.39 is 0 Å². The number of nitrogens with one attached hydrogen (secondary N) is 1. The molecule has 2 nitrogen and oxygen atoms in total. The molecule has 0 aliphatic carbocycles. The first kappa shape index (κ1) is 56.1. The molecule has 5 heteroatoms. The van der Waals surface area contributed by atoms with Crippen molar-refractivity contribution >= 4 is 92.8 Å². The number of fused-ring (bicyclic) bond motifs is 4. The van der Waals surface area contributed by atoms with E-state index in [0.29, 0.717) is 17.2 Å². The number of hydrogen-bond acceptors (Lipinski definition) is 1. The second-order valence-corrected chi connectivity index (χ2v) is 23.0. The van der Waals surface area contributed by atoms with Crippen molar-refractivity contribution in [1.82, 2.24) is 0 Å². The SMILES string of the molecule is [Ru+].c1ccc([N-]CCNc2ccccc2)cc1.c1ccc2c(-c3ccc(Pc4ccc(-c5cccc6ccccc56)cc4)cc3)cccc2c1.c1ccc2c(-c3ccc(Pc4ccc(-c5cccc6ccccc56)cc4)cc3)cccc2c1. The Balaban J connectivity index is 0.000000137. The van der Waals surface area contributed by atoms with Crippen molar-refractivity contribution in [3.8, 4) is 44.5 Å². The Morgan fingerprint density at radius 1 is 0.253 bits per heavy atom. The monoisotopic (exact) mass is 1190 g/mol. The molecule has 14 aromatic carbocycles. The van der Waals surface area contributed by atoms with E-state index >= 15 is 0 Å². The maximum absolute atomic E-state index is 4.46. The van der Waals surface area contributed by atoms with E-state index in [9.17, 15) is 0 Å². The number of benzene rings is 14. The Hall–Kier alpha value is -8.80. The molecule has 1 N–H and O–H groups in total. The minimum absolute atomic E-state index is 0. The predicted octanol–water partition coefficient (Wildman–Crippen LogP) is 19.7. The van der Waals surface area contributed by atoms with Gasteiger partial charge in [-0.1, -0.05) is 333 Å². The fourth-order valence-corrected chi connectivity index (χ4v) is 12.6. The van der Waals surface area contributed by atoms with Gasteiger partial charge in [-0.15, -0.1) is 12.2 Å². The van der Waals surface area contributed by atoms with Crippen LogP contribution in [0.25, 0.3) is 92.9 Å². The van der Waals surface area contributed by atoms with Crippen LogP contribution >= 0.6 is 17.2 Å². The van der Waals surface area contributed by atoms with E-state index in [2.05, 4.69) is 290 Å². The zero-order valence-corrected chi connectivity index (χ0v) is 49.6. The van der Waals surface area contributed by atoms with Gasteiger partial charge >= 0.3 is 19.5 Å². The molecule has 0 aliphatic rings. The van der Waals surface area contributed by atoms with Gasteiger partial charge < -0.3 is 10.6 Å². The van der Waals surface area contributed by atoms with Gasteiger partial charge in [-0.25, -0.2) is 0 Å². The molecule has 0 bridgehead atoms. The first-order chi connectivity index (χ1) is 40.6. The minimum Gasteiger partial charge on any atom is -0.683 e. The molecule has 0 spiro atoms. The van der Waals surface area contributed by atoms with E-state index in [1.807, 2.05) is 48.5 Å². The molecule has 0 unspecified atom stereocenters. The predicted molar refractivity (Wildman–Crippen MR) is 362 cm³/mol. The van der Waals surface area contributed by atoms with Crippen LogP contribution in [0.3, 0.4) is 0 Å². The molecule has 0 saturated heterocycles. The van der Waals surface area contributed by atoms with Crippen LogP contribution < -0.4 is 26.5 Å². The van der Waals surface area contributed by atoms with Crippen molar-refractivity contribution < 1.29 is 19.5 Å². The number of para-hydroxylation sites is 2. The summed E-state index contributed by atoms with van der Waals surface area (Å²) in [5.74, 6) is 0. The number of rotatable bonds is 13. The maximum atomic E-state index is 4.46. The molecule has 0 aromatic heterocycles. The summed E-state index contributed by atoms with van der Waals surface area (Å²) in [5.41, 5.74) is 12.4. The van der Waals surface area contributed by atoms with Gasteiger partial charge in [0.2, 0.25) is 0 Å². The van der Waals surface area contributed by atoms with Crippen molar-refractivity contribution in [3.05, 3.63) is 333 Å². The van der Waals surface area contributed by atoms with Crippen molar-refractivity contribution in [2.75, 3.05) is 18.4 Å². The van der Waals surface area contributed by atoms with Gasteiger partial charge in [-0.3, -0.25) is 0 Å². The summed E-state index contributed by atoms with van der Waals surface area (Å²) in [6, 6.07) is 117. The Kier molecular flexibility index (Phi) is 18.8. The standard InChI is InChI=1S/2C32H23P.C14H15N2.Ru/c2*1-3-11-29-23(7-1)9-5-13-31(29)25-15-19-27(20-16-25)33-28-21-17-26(18-22-28)32-14-6-10-24-8-2-4-12-30(24)32;1-3-7-13(8-4-1)15-11-12-16-14-9-5-2-6-10-14;/h2*1-22,33H;1-10,15H,11-12H2;/q;;-1;+1. The number of anilines is 1. The average molecular weight is 1190 g/mol. The van der Waals surface area contributed by atoms with E-state index in [0.717, 1.165) is 24.5 Å². The summed E-state index contributed by atoms with van der Waals surface area (Å²) in [5, 5.41) is 23.6. The zero-order chi connectivity index (χ0) is 55.1. The molecule has 0 heterocycles. The molecule has 83 heavy (non-hydrogen) atoms. The summed E-state index contributed by atoms with van der Waals surface area (Å²) >= 11 is 0. The van der Waals surface area contributed by atoms with E-state index in [4.69, 9.17) is 0 Å². The van der Waals surface area contributed by atoms with Crippen molar-refractivity contribution in [1.29, 1.82) is 0 Å². The molecule has 0 atom stereocenters. The maximum Gasteiger partial charge on any atom is 1.00 e. The Morgan fingerprint density at radius 2 is 0.518 bits per heavy atom. The summed E-state index contributed by atoms with van der Waals surface area (Å²) < 4.78 is 0. The average Bonchev–Trinajstić information content (AvgIpc) is 3.55. The van der Waals surface area contributed by atoms with E-state index in [1.165, 1.54) is 109 Å². The third-order valence-corrected chi connectivity index (χ3v) is 17.3. The van der Waals surface area contributed by atoms with E-state index in [1.54, 1.807) is 0 Å². The third-order valence-electron chi connectivity index (χ3n) is 14.8. The Bertz CT molecular complexity index is 3810.